The van der Waals surface area contributed by atoms with Crippen molar-refractivity contribution in [2.75, 3.05) is 31.0 Å². The SMILES string of the molecule is CC.CCCc1ccccc1C1COc2ccc3cc2N(C1)CC1CCC1C(C=O)CCCC(C)C(C)S(=O)NC3=O.CCl. The molecule has 8 heteroatoms. The highest BCUT2D eigenvalue weighted by molar-refractivity contribution is 7.84. The molecule has 0 radical (unpaired) electrons. The predicted octanol–water partition coefficient (Wildman–Crippen LogP) is 7.95. The van der Waals surface area contributed by atoms with Crippen LogP contribution >= 0.6 is 11.6 Å². The number of fused-ring (bicyclic) bond motifs is 2. The van der Waals surface area contributed by atoms with E-state index in [1.165, 1.54) is 23.8 Å². The Morgan fingerprint density at radius 3 is 2.48 bits per heavy atom. The van der Waals surface area contributed by atoms with Gasteiger partial charge in [-0.1, -0.05) is 64.8 Å². The lowest BCUT2D eigenvalue weighted by Gasteiger charge is -2.43. The van der Waals surface area contributed by atoms with E-state index in [-0.39, 0.29) is 28.9 Å². The summed E-state index contributed by atoms with van der Waals surface area (Å²) in [6.07, 6.45) is 9.68. The third-order valence-electron chi connectivity index (χ3n) is 9.64. The van der Waals surface area contributed by atoms with Crippen LogP contribution in [0.1, 0.15) is 101 Å². The summed E-state index contributed by atoms with van der Waals surface area (Å²) in [7, 11) is -1.49. The molecule has 244 valence electrons. The van der Waals surface area contributed by atoms with Crippen LogP contribution in [-0.2, 0) is 22.2 Å². The first-order chi connectivity index (χ1) is 21.4. The molecule has 2 aliphatic heterocycles. The highest BCUT2D eigenvalue weighted by Crippen LogP contribution is 2.44. The second-order valence-electron chi connectivity index (χ2n) is 12.2. The van der Waals surface area contributed by atoms with Gasteiger partial charge in [-0.15, -0.1) is 11.6 Å². The van der Waals surface area contributed by atoms with E-state index in [9.17, 15) is 13.8 Å². The van der Waals surface area contributed by atoms with Crippen molar-refractivity contribution in [1.29, 1.82) is 0 Å². The number of ether oxygens (including phenoxy) is 1. The zero-order valence-corrected chi connectivity index (χ0v) is 29.1. The van der Waals surface area contributed by atoms with Gasteiger partial charge in [0.2, 0.25) is 0 Å². The summed E-state index contributed by atoms with van der Waals surface area (Å²) in [6.45, 7) is 12.4. The Morgan fingerprint density at radius 1 is 1.05 bits per heavy atom. The number of carbonyl (C=O) groups excluding carboxylic acids is 2. The van der Waals surface area contributed by atoms with E-state index in [0.717, 1.165) is 69.5 Å². The lowest BCUT2D eigenvalue weighted by atomic mass is 9.66. The maximum atomic E-state index is 13.3. The monoisotopic (exact) mass is 644 g/mol. The largest absolute Gasteiger partial charge is 0.491 e. The van der Waals surface area contributed by atoms with Crippen molar-refractivity contribution < 1.29 is 18.5 Å². The predicted molar refractivity (Wildman–Crippen MR) is 184 cm³/mol. The maximum Gasteiger partial charge on any atom is 0.263 e. The smallest absolute Gasteiger partial charge is 0.263 e. The summed E-state index contributed by atoms with van der Waals surface area (Å²) in [4.78, 5) is 27.9. The van der Waals surface area contributed by atoms with Crippen LogP contribution in [0.25, 0.3) is 0 Å². The van der Waals surface area contributed by atoms with Gasteiger partial charge in [-0.25, -0.2) is 4.21 Å². The minimum Gasteiger partial charge on any atom is -0.491 e. The number of hydrogen-bond donors (Lipinski definition) is 1. The number of aldehydes is 1. The van der Waals surface area contributed by atoms with Gasteiger partial charge in [-0.2, -0.15) is 0 Å². The van der Waals surface area contributed by atoms with Gasteiger partial charge in [-0.05, 0) is 86.1 Å². The Bertz CT molecular complexity index is 1240. The molecule has 1 saturated carbocycles. The third-order valence-corrected chi connectivity index (χ3v) is 11.2. The number of alkyl halides is 1. The summed E-state index contributed by atoms with van der Waals surface area (Å²) < 4.78 is 22.3. The Balaban J connectivity index is 0.00000127. The number of nitrogens with one attached hydrogen (secondary N) is 1. The van der Waals surface area contributed by atoms with E-state index >= 15 is 0 Å². The zero-order chi connectivity index (χ0) is 32.2. The van der Waals surface area contributed by atoms with Crippen molar-refractivity contribution in [3.8, 4) is 5.75 Å². The second kappa shape index (κ2) is 17.9. The summed E-state index contributed by atoms with van der Waals surface area (Å²) in [5.41, 5.74) is 4.10. The quantitative estimate of drug-likeness (QED) is 0.270. The number of anilines is 1. The number of amides is 1. The molecule has 2 heterocycles. The van der Waals surface area contributed by atoms with Crippen molar-refractivity contribution in [2.45, 2.75) is 90.7 Å². The Morgan fingerprint density at radius 2 is 1.80 bits per heavy atom. The molecule has 7 unspecified atom stereocenters. The number of halogens is 1. The van der Waals surface area contributed by atoms with Gasteiger partial charge in [0.05, 0.1) is 17.5 Å². The number of carbonyl (C=O) groups is 2. The molecule has 2 aromatic rings. The fourth-order valence-electron chi connectivity index (χ4n) is 6.84. The molecule has 5 rings (SSSR count). The Kier molecular flexibility index (Phi) is 14.7. The van der Waals surface area contributed by atoms with Crippen LogP contribution in [0.2, 0.25) is 0 Å². The molecule has 2 aromatic carbocycles. The fourth-order valence-corrected chi connectivity index (χ4v) is 7.89. The van der Waals surface area contributed by atoms with Crippen LogP contribution < -0.4 is 14.4 Å². The van der Waals surface area contributed by atoms with Crippen LogP contribution in [0.4, 0.5) is 5.69 Å². The minimum absolute atomic E-state index is 0.0643. The van der Waals surface area contributed by atoms with Gasteiger partial charge in [0.25, 0.3) is 5.91 Å². The summed E-state index contributed by atoms with van der Waals surface area (Å²) in [6, 6.07) is 14.3. The first-order valence-electron chi connectivity index (χ1n) is 16.5. The summed E-state index contributed by atoms with van der Waals surface area (Å²) in [5.74, 6) is 1.71. The second-order valence-corrected chi connectivity index (χ2v) is 13.7. The van der Waals surface area contributed by atoms with Crippen molar-refractivity contribution >= 4 is 40.5 Å². The summed E-state index contributed by atoms with van der Waals surface area (Å²) >= 11 is 4.64. The van der Waals surface area contributed by atoms with Crippen LogP contribution in [-0.4, -0.2) is 47.7 Å². The highest BCUT2D eigenvalue weighted by atomic mass is 35.5. The van der Waals surface area contributed by atoms with E-state index in [4.69, 9.17) is 4.74 Å². The maximum absolute atomic E-state index is 13.3. The molecular formula is C36H53ClN2O4S. The molecule has 6 nitrogen and oxygen atoms in total. The summed E-state index contributed by atoms with van der Waals surface area (Å²) in [5, 5.41) is -0.174. The van der Waals surface area contributed by atoms with Gasteiger partial charge in [0.15, 0.2) is 0 Å². The van der Waals surface area contributed by atoms with E-state index in [1.807, 2.05) is 32.9 Å². The van der Waals surface area contributed by atoms with E-state index < -0.39 is 11.0 Å². The minimum atomic E-state index is -1.49. The average Bonchev–Trinajstić information content (AvgIpc) is 3.22. The highest BCUT2D eigenvalue weighted by Gasteiger charge is 2.39. The molecule has 0 spiro atoms. The first-order valence-corrected chi connectivity index (χ1v) is 18.5. The fraction of sp³-hybridized carbons (Fsp3) is 0.611. The molecule has 3 aliphatic rings. The normalized spacial score (nSPS) is 28.6. The molecule has 7 atom stereocenters. The lowest BCUT2D eigenvalue weighted by molar-refractivity contribution is -0.115. The molecule has 1 amide bonds. The van der Waals surface area contributed by atoms with Crippen LogP contribution in [0.3, 0.4) is 0 Å². The molecule has 1 aliphatic carbocycles. The van der Waals surface area contributed by atoms with Gasteiger partial charge < -0.3 is 14.4 Å². The van der Waals surface area contributed by atoms with Crippen molar-refractivity contribution in [3.63, 3.8) is 0 Å². The Labute approximate surface area is 273 Å². The van der Waals surface area contributed by atoms with E-state index in [0.29, 0.717) is 24.0 Å². The number of hydrogen-bond acceptors (Lipinski definition) is 5. The first kappa shape index (κ1) is 36.1. The topological polar surface area (TPSA) is 75.7 Å². The zero-order valence-electron chi connectivity index (χ0n) is 27.5. The molecule has 2 bridgehead atoms. The third kappa shape index (κ3) is 8.66. The van der Waals surface area contributed by atoms with Gasteiger partial charge >= 0.3 is 0 Å². The van der Waals surface area contributed by atoms with Crippen molar-refractivity contribution in [3.05, 3.63) is 59.2 Å². The Hall–Kier alpha value is -2.38. The molecule has 1 N–H and O–H groups in total. The molecule has 1 fully saturated rings. The molecule has 0 aromatic heterocycles. The average molecular weight is 645 g/mol. The standard InChI is InChI=1S/C33H44N2O4S.C2H6.CH3Cl/c1-4-8-24-10-5-6-12-29(24)28-19-35-18-26-13-15-30(26)27(20-36)11-7-9-22(2)23(3)40(38)34-33(37)25-14-16-32(39-21-28)31(35)17-25;2*1-2/h5-6,10,12,14,16-17,20,22-23,26-28,30H,4,7-9,11,13,15,18-19,21H2,1-3H3,(H,34,37);1-2H3;1H3. The van der Waals surface area contributed by atoms with Crippen LogP contribution in [0.5, 0.6) is 5.75 Å². The van der Waals surface area contributed by atoms with Crippen molar-refractivity contribution in [1.82, 2.24) is 4.72 Å². The van der Waals surface area contributed by atoms with E-state index in [1.54, 1.807) is 6.07 Å². The van der Waals surface area contributed by atoms with Crippen LogP contribution in [0.15, 0.2) is 42.5 Å². The van der Waals surface area contributed by atoms with Gasteiger partial charge in [0, 0.05) is 36.9 Å². The number of rotatable bonds is 4. The van der Waals surface area contributed by atoms with Crippen LogP contribution in [0, 0.1) is 23.7 Å². The molecular weight excluding hydrogens is 592 g/mol. The van der Waals surface area contributed by atoms with Crippen molar-refractivity contribution in [2.24, 2.45) is 23.7 Å². The molecule has 0 saturated heterocycles. The van der Waals surface area contributed by atoms with E-state index in [2.05, 4.69) is 59.3 Å². The molecule has 44 heavy (non-hydrogen) atoms. The van der Waals surface area contributed by atoms with Gasteiger partial charge in [-0.3, -0.25) is 9.52 Å². The van der Waals surface area contributed by atoms with Gasteiger partial charge in [0.1, 0.15) is 23.0 Å². The number of aryl methyl sites for hydroxylation is 1. The lowest BCUT2D eigenvalue weighted by Crippen LogP contribution is -2.43. The number of nitrogens with zero attached hydrogens (tertiary/aromatic N) is 1. The number of benzene rings is 2.